The van der Waals surface area contributed by atoms with Gasteiger partial charge in [0, 0.05) is 17.4 Å². The third-order valence-corrected chi connectivity index (χ3v) is 4.66. The van der Waals surface area contributed by atoms with E-state index in [1.807, 2.05) is 19.9 Å². The Kier molecular flexibility index (Phi) is 2.92. The zero-order valence-electron chi connectivity index (χ0n) is 11.4. The molecule has 3 aliphatic rings. The molecule has 0 saturated heterocycles. The Balaban J connectivity index is 2.12. The summed E-state index contributed by atoms with van der Waals surface area (Å²) >= 11 is 0. The predicted octanol–water partition coefficient (Wildman–Crippen LogP) is 3.49. The van der Waals surface area contributed by atoms with Gasteiger partial charge in [-0.05, 0) is 32.6 Å². The van der Waals surface area contributed by atoms with E-state index in [0.717, 1.165) is 6.42 Å². The van der Waals surface area contributed by atoms with E-state index in [1.165, 1.54) is 5.57 Å². The highest BCUT2D eigenvalue weighted by Crippen LogP contribution is 2.60. The molecule has 0 amide bonds. The molecule has 0 spiro atoms. The van der Waals surface area contributed by atoms with Gasteiger partial charge in [-0.15, -0.1) is 0 Å². The summed E-state index contributed by atoms with van der Waals surface area (Å²) in [5, 5.41) is 0. The second-order valence-corrected chi connectivity index (χ2v) is 5.93. The summed E-state index contributed by atoms with van der Waals surface area (Å²) in [6.45, 7) is 10.4. The molecule has 0 aromatic heterocycles. The summed E-state index contributed by atoms with van der Waals surface area (Å²) < 4.78 is 5.66. The minimum atomic E-state index is -0.155. The highest BCUT2D eigenvalue weighted by atomic mass is 16.5. The van der Waals surface area contributed by atoms with Crippen molar-refractivity contribution in [2.24, 2.45) is 17.3 Å². The Morgan fingerprint density at radius 2 is 2.18 bits per heavy atom. The van der Waals surface area contributed by atoms with Gasteiger partial charge in [0.05, 0.1) is 0 Å². The fourth-order valence-corrected chi connectivity index (χ4v) is 3.40. The first-order valence-electron chi connectivity index (χ1n) is 6.40. The van der Waals surface area contributed by atoms with Gasteiger partial charge >= 0.3 is 5.97 Å². The Morgan fingerprint density at radius 3 is 2.65 bits per heavy atom. The van der Waals surface area contributed by atoms with Gasteiger partial charge in [0.15, 0.2) is 0 Å². The molecule has 2 bridgehead atoms. The molecule has 94 valence electrons. The maximum atomic E-state index is 11.8. The van der Waals surface area contributed by atoms with Crippen molar-refractivity contribution in [3.05, 3.63) is 23.3 Å². The minimum absolute atomic E-state index is 0.0948. The Morgan fingerprint density at radius 1 is 1.53 bits per heavy atom. The van der Waals surface area contributed by atoms with Crippen LogP contribution in [0.15, 0.2) is 23.3 Å². The summed E-state index contributed by atoms with van der Waals surface area (Å²) in [6, 6.07) is 0. The molecule has 0 aliphatic heterocycles. The predicted molar refractivity (Wildman–Crippen MR) is 68.4 cm³/mol. The van der Waals surface area contributed by atoms with E-state index in [9.17, 15) is 4.79 Å². The third-order valence-electron chi connectivity index (χ3n) is 4.66. The van der Waals surface area contributed by atoms with Crippen LogP contribution in [0.5, 0.6) is 0 Å². The number of hydrogen-bond acceptors (Lipinski definition) is 2. The highest BCUT2D eigenvalue weighted by molar-refractivity contribution is 5.87. The van der Waals surface area contributed by atoms with E-state index in [2.05, 4.69) is 26.8 Å². The number of esters is 1. The van der Waals surface area contributed by atoms with Crippen molar-refractivity contribution >= 4 is 5.97 Å². The fourth-order valence-electron chi connectivity index (χ4n) is 3.40. The molecule has 3 aliphatic carbocycles. The number of fused-ring (bicyclic) bond motifs is 1. The van der Waals surface area contributed by atoms with Gasteiger partial charge in [-0.25, -0.2) is 4.79 Å². The van der Waals surface area contributed by atoms with E-state index in [-0.39, 0.29) is 17.5 Å². The smallest absolute Gasteiger partial charge is 0.333 e. The highest BCUT2D eigenvalue weighted by Gasteiger charge is 2.60. The van der Waals surface area contributed by atoms with Crippen molar-refractivity contribution in [2.75, 3.05) is 0 Å². The van der Waals surface area contributed by atoms with E-state index in [0.29, 0.717) is 17.4 Å². The lowest BCUT2D eigenvalue weighted by molar-refractivity contribution is -0.188. The SMILES string of the molecule is C/C=C(/C)C(=O)O[C@@H]1[C@H]2CC=C(C)[C@@H]1C2(C)C. The van der Waals surface area contributed by atoms with Gasteiger partial charge in [-0.1, -0.05) is 31.6 Å². The summed E-state index contributed by atoms with van der Waals surface area (Å²) in [4.78, 5) is 11.8. The first-order chi connectivity index (χ1) is 7.89. The molecule has 0 unspecified atom stereocenters. The van der Waals surface area contributed by atoms with E-state index in [4.69, 9.17) is 4.74 Å². The number of carbonyl (C=O) groups is 1. The lowest BCUT2D eigenvalue weighted by Crippen LogP contribution is -2.61. The standard InChI is InChI=1S/C15H22O2/c1-6-9(2)14(16)17-13-11-8-7-10(3)12(13)15(11,4)5/h6-7,11-13H,8H2,1-5H3/b9-6-/t11-,12+,13-/m1/s1. The van der Waals surface area contributed by atoms with Crippen LogP contribution in [0.1, 0.15) is 41.0 Å². The van der Waals surface area contributed by atoms with Gasteiger partial charge in [-0.3, -0.25) is 0 Å². The number of carbonyl (C=O) groups excluding carboxylic acids is 1. The molecule has 0 radical (unpaired) electrons. The molecule has 1 saturated carbocycles. The maximum absolute atomic E-state index is 11.8. The topological polar surface area (TPSA) is 26.3 Å². The Labute approximate surface area is 104 Å². The molecule has 0 heterocycles. The van der Waals surface area contributed by atoms with Gasteiger partial charge in [0.1, 0.15) is 6.10 Å². The summed E-state index contributed by atoms with van der Waals surface area (Å²) in [5.41, 5.74) is 2.37. The zero-order valence-corrected chi connectivity index (χ0v) is 11.4. The first kappa shape index (κ1) is 12.4. The van der Waals surface area contributed by atoms with E-state index >= 15 is 0 Å². The lowest BCUT2D eigenvalue weighted by Gasteiger charge is -2.60. The summed E-state index contributed by atoms with van der Waals surface area (Å²) in [7, 11) is 0. The van der Waals surface area contributed by atoms with Crippen molar-refractivity contribution in [2.45, 2.75) is 47.1 Å². The van der Waals surface area contributed by atoms with Crippen molar-refractivity contribution in [3.8, 4) is 0 Å². The molecule has 0 N–H and O–H groups in total. The third kappa shape index (κ3) is 1.74. The van der Waals surface area contributed by atoms with Crippen molar-refractivity contribution in [3.63, 3.8) is 0 Å². The molecular formula is C15H22O2. The van der Waals surface area contributed by atoms with Crippen LogP contribution in [0.25, 0.3) is 0 Å². The largest absolute Gasteiger partial charge is 0.458 e. The Bertz CT molecular complexity index is 401. The number of allylic oxidation sites excluding steroid dienone is 2. The van der Waals surface area contributed by atoms with Crippen LogP contribution >= 0.6 is 0 Å². The average Bonchev–Trinajstić information content (AvgIpc) is 2.26. The first-order valence-corrected chi connectivity index (χ1v) is 6.40. The van der Waals surface area contributed by atoms with Crippen LogP contribution in [0.3, 0.4) is 0 Å². The monoisotopic (exact) mass is 234 g/mol. The molecule has 3 atom stereocenters. The van der Waals surface area contributed by atoms with Crippen molar-refractivity contribution in [1.82, 2.24) is 0 Å². The molecule has 0 aromatic rings. The van der Waals surface area contributed by atoms with Crippen LogP contribution in [-0.4, -0.2) is 12.1 Å². The van der Waals surface area contributed by atoms with Gasteiger partial charge in [0.2, 0.25) is 0 Å². The van der Waals surface area contributed by atoms with Crippen LogP contribution in [0, 0.1) is 17.3 Å². The molecular weight excluding hydrogens is 212 g/mol. The van der Waals surface area contributed by atoms with Crippen LogP contribution in [0.4, 0.5) is 0 Å². The van der Waals surface area contributed by atoms with Crippen molar-refractivity contribution in [1.29, 1.82) is 0 Å². The molecule has 2 heteroatoms. The van der Waals surface area contributed by atoms with Gasteiger partial charge < -0.3 is 4.74 Å². The quantitative estimate of drug-likeness (QED) is 0.415. The lowest BCUT2D eigenvalue weighted by atomic mass is 9.47. The van der Waals surface area contributed by atoms with Crippen LogP contribution < -0.4 is 0 Å². The zero-order chi connectivity index (χ0) is 12.8. The molecule has 17 heavy (non-hydrogen) atoms. The molecule has 0 aromatic carbocycles. The summed E-state index contributed by atoms with van der Waals surface area (Å²) in [6.07, 6.45) is 5.25. The van der Waals surface area contributed by atoms with Crippen molar-refractivity contribution < 1.29 is 9.53 Å². The second-order valence-electron chi connectivity index (χ2n) is 5.93. The number of ether oxygens (including phenoxy) is 1. The maximum Gasteiger partial charge on any atom is 0.333 e. The van der Waals surface area contributed by atoms with Gasteiger partial charge in [-0.2, -0.15) is 0 Å². The van der Waals surface area contributed by atoms with Gasteiger partial charge in [0.25, 0.3) is 0 Å². The normalized spacial score (nSPS) is 34.8. The van der Waals surface area contributed by atoms with Crippen LogP contribution in [0.2, 0.25) is 0 Å². The minimum Gasteiger partial charge on any atom is -0.458 e. The number of rotatable bonds is 2. The molecule has 3 rings (SSSR count). The fraction of sp³-hybridized carbons (Fsp3) is 0.667. The molecule has 2 nitrogen and oxygen atoms in total. The number of hydrogen-bond donors (Lipinski definition) is 0. The Hall–Kier alpha value is -1.05. The molecule has 1 fully saturated rings. The van der Waals surface area contributed by atoms with E-state index < -0.39 is 0 Å². The average molecular weight is 234 g/mol. The van der Waals surface area contributed by atoms with E-state index in [1.54, 1.807) is 0 Å². The second kappa shape index (κ2) is 4.01. The summed E-state index contributed by atoms with van der Waals surface area (Å²) in [5.74, 6) is 0.748. The van der Waals surface area contributed by atoms with Crippen LogP contribution in [-0.2, 0) is 9.53 Å².